The number of carbonyl (C=O) groups is 1. The number of fused-ring (bicyclic) bond motifs is 1. The highest BCUT2D eigenvalue weighted by molar-refractivity contribution is 7.15. The summed E-state index contributed by atoms with van der Waals surface area (Å²) in [5.41, 5.74) is 1.01. The predicted octanol–water partition coefficient (Wildman–Crippen LogP) is 1.65. The van der Waals surface area contributed by atoms with E-state index in [2.05, 4.69) is 9.97 Å². The number of nitrogens with zero attached hydrogens (tertiary/aromatic N) is 4. The fourth-order valence-electron chi connectivity index (χ4n) is 1.85. The molecule has 3 rings (SSSR count). The molecule has 6 nitrogen and oxygen atoms in total. The molecule has 0 radical (unpaired) electrons. The van der Waals surface area contributed by atoms with Gasteiger partial charge >= 0.3 is 5.97 Å². The van der Waals surface area contributed by atoms with Crippen LogP contribution in [-0.4, -0.2) is 30.0 Å². The Balaban J connectivity index is 1.99. The highest BCUT2D eigenvalue weighted by atomic mass is 32.1. The number of imidazole rings is 2. The molecule has 3 aromatic heterocycles. The van der Waals surface area contributed by atoms with Crippen LogP contribution < -0.4 is 0 Å². The quantitative estimate of drug-likeness (QED) is 0.779. The molecule has 0 fully saturated rings. The van der Waals surface area contributed by atoms with Gasteiger partial charge in [-0.2, -0.15) is 0 Å². The first-order valence-electron chi connectivity index (χ1n) is 5.31. The first kappa shape index (κ1) is 11.0. The first-order chi connectivity index (χ1) is 8.65. The van der Waals surface area contributed by atoms with Crippen molar-refractivity contribution in [1.29, 1.82) is 0 Å². The SMILES string of the molecule is Cc1ncc(C(=O)O)n1Cc1cn2ccsc2n1. The fraction of sp³-hybridized carbons (Fsp3) is 0.182. The minimum atomic E-state index is -0.975. The van der Waals surface area contributed by atoms with E-state index in [1.807, 2.05) is 22.2 Å². The monoisotopic (exact) mass is 262 g/mol. The maximum absolute atomic E-state index is 11.1. The summed E-state index contributed by atoms with van der Waals surface area (Å²) in [6.07, 6.45) is 5.20. The van der Waals surface area contributed by atoms with E-state index in [4.69, 9.17) is 5.11 Å². The lowest BCUT2D eigenvalue weighted by Gasteiger charge is -2.04. The van der Waals surface area contributed by atoms with Crippen LogP contribution >= 0.6 is 11.3 Å². The molecule has 0 aliphatic heterocycles. The summed E-state index contributed by atoms with van der Waals surface area (Å²) in [5.74, 6) is -0.305. The minimum absolute atomic E-state index is 0.184. The third kappa shape index (κ3) is 1.68. The summed E-state index contributed by atoms with van der Waals surface area (Å²) < 4.78 is 3.57. The number of hydrogen-bond donors (Lipinski definition) is 1. The second-order valence-electron chi connectivity index (χ2n) is 3.91. The van der Waals surface area contributed by atoms with Gasteiger partial charge in [-0.25, -0.2) is 14.8 Å². The van der Waals surface area contributed by atoms with Crippen LogP contribution in [0.15, 0.2) is 24.0 Å². The van der Waals surface area contributed by atoms with E-state index in [1.54, 1.807) is 22.8 Å². The van der Waals surface area contributed by atoms with Gasteiger partial charge in [0.05, 0.1) is 18.4 Å². The van der Waals surface area contributed by atoms with Gasteiger partial charge in [0.2, 0.25) is 0 Å². The van der Waals surface area contributed by atoms with Crippen molar-refractivity contribution in [3.8, 4) is 0 Å². The summed E-state index contributed by atoms with van der Waals surface area (Å²) in [6, 6.07) is 0. The van der Waals surface area contributed by atoms with Crippen molar-refractivity contribution in [3.05, 3.63) is 41.2 Å². The highest BCUT2D eigenvalue weighted by Gasteiger charge is 2.14. The van der Waals surface area contributed by atoms with E-state index in [-0.39, 0.29) is 5.69 Å². The molecule has 7 heteroatoms. The van der Waals surface area contributed by atoms with E-state index < -0.39 is 5.97 Å². The summed E-state index contributed by atoms with van der Waals surface area (Å²) in [4.78, 5) is 20.4. The van der Waals surface area contributed by atoms with Crippen LogP contribution in [0.4, 0.5) is 0 Å². The number of carboxylic acids is 1. The highest BCUT2D eigenvalue weighted by Crippen LogP contribution is 2.14. The van der Waals surface area contributed by atoms with Crippen molar-refractivity contribution in [3.63, 3.8) is 0 Å². The molecule has 0 unspecified atom stereocenters. The molecule has 0 aromatic carbocycles. The fourth-order valence-corrected chi connectivity index (χ4v) is 2.57. The van der Waals surface area contributed by atoms with Gasteiger partial charge in [0, 0.05) is 17.8 Å². The van der Waals surface area contributed by atoms with Crippen molar-refractivity contribution >= 4 is 22.3 Å². The van der Waals surface area contributed by atoms with Gasteiger partial charge in [0.25, 0.3) is 0 Å². The molecule has 0 saturated heterocycles. The molecule has 1 N–H and O–H groups in total. The van der Waals surface area contributed by atoms with E-state index >= 15 is 0 Å². The Morgan fingerprint density at radius 3 is 3.11 bits per heavy atom. The molecule has 0 aliphatic carbocycles. The van der Waals surface area contributed by atoms with Gasteiger partial charge < -0.3 is 9.67 Å². The zero-order valence-electron chi connectivity index (χ0n) is 9.57. The van der Waals surface area contributed by atoms with E-state index in [1.165, 1.54) is 6.20 Å². The number of rotatable bonds is 3. The van der Waals surface area contributed by atoms with E-state index in [0.29, 0.717) is 12.4 Å². The van der Waals surface area contributed by atoms with E-state index in [9.17, 15) is 4.79 Å². The number of carboxylic acid groups (broad SMARTS) is 1. The van der Waals surface area contributed by atoms with Gasteiger partial charge in [-0.1, -0.05) is 0 Å². The third-order valence-corrected chi connectivity index (χ3v) is 3.51. The molecule has 0 saturated carbocycles. The van der Waals surface area contributed by atoms with Crippen LogP contribution in [0.25, 0.3) is 4.96 Å². The van der Waals surface area contributed by atoms with Gasteiger partial charge in [-0.15, -0.1) is 11.3 Å². The third-order valence-electron chi connectivity index (χ3n) is 2.74. The zero-order valence-corrected chi connectivity index (χ0v) is 10.4. The van der Waals surface area contributed by atoms with Gasteiger partial charge in [-0.05, 0) is 6.92 Å². The van der Waals surface area contributed by atoms with Gasteiger partial charge in [0.15, 0.2) is 4.96 Å². The van der Waals surface area contributed by atoms with Gasteiger partial charge in [0.1, 0.15) is 11.5 Å². The normalized spacial score (nSPS) is 11.2. The second kappa shape index (κ2) is 3.95. The van der Waals surface area contributed by atoms with Crippen molar-refractivity contribution in [2.75, 3.05) is 0 Å². The largest absolute Gasteiger partial charge is 0.477 e. The molecule has 92 valence electrons. The van der Waals surface area contributed by atoms with Crippen LogP contribution in [0.2, 0.25) is 0 Å². The lowest BCUT2D eigenvalue weighted by molar-refractivity contribution is 0.0685. The summed E-state index contributed by atoms with van der Waals surface area (Å²) >= 11 is 1.55. The van der Waals surface area contributed by atoms with Crippen molar-refractivity contribution in [2.24, 2.45) is 0 Å². The Morgan fingerprint density at radius 2 is 2.39 bits per heavy atom. The zero-order chi connectivity index (χ0) is 12.7. The number of thiazole rings is 1. The molecule has 0 atom stereocenters. The standard InChI is InChI=1S/C11H10N4O2S/c1-7-12-4-9(10(16)17)15(7)6-8-5-14-2-3-18-11(14)13-8/h2-5H,6H2,1H3,(H,16,17). The smallest absolute Gasteiger partial charge is 0.354 e. The second-order valence-corrected chi connectivity index (χ2v) is 4.78. The number of aromatic nitrogens is 4. The number of aromatic carboxylic acids is 1. The summed E-state index contributed by atoms with van der Waals surface area (Å²) in [5, 5.41) is 11.0. The predicted molar refractivity (Wildman–Crippen MR) is 66.1 cm³/mol. The van der Waals surface area contributed by atoms with Crippen molar-refractivity contribution in [1.82, 2.24) is 18.9 Å². The van der Waals surface area contributed by atoms with Crippen LogP contribution in [-0.2, 0) is 6.54 Å². The molecular formula is C11H10N4O2S. The summed E-state index contributed by atoms with van der Waals surface area (Å²) in [6.45, 7) is 2.20. The molecular weight excluding hydrogens is 252 g/mol. The maximum Gasteiger partial charge on any atom is 0.354 e. The molecule has 0 amide bonds. The van der Waals surface area contributed by atoms with Crippen LogP contribution in [0.1, 0.15) is 22.0 Å². The van der Waals surface area contributed by atoms with Crippen LogP contribution in [0.3, 0.4) is 0 Å². The maximum atomic E-state index is 11.1. The lowest BCUT2D eigenvalue weighted by Crippen LogP contribution is -2.11. The molecule has 3 heterocycles. The first-order valence-corrected chi connectivity index (χ1v) is 6.19. The Kier molecular flexibility index (Phi) is 2.41. The van der Waals surface area contributed by atoms with Gasteiger partial charge in [-0.3, -0.25) is 4.40 Å². The minimum Gasteiger partial charge on any atom is -0.477 e. The van der Waals surface area contributed by atoms with Crippen LogP contribution in [0, 0.1) is 6.92 Å². The number of hydrogen-bond acceptors (Lipinski definition) is 4. The average Bonchev–Trinajstić information content (AvgIpc) is 2.94. The van der Waals surface area contributed by atoms with Crippen LogP contribution in [0.5, 0.6) is 0 Å². The number of aryl methyl sites for hydroxylation is 1. The molecule has 0 spiro atoms. The Morgan fingerprint density at radius 1 is 1.56 bits per heavy atom. The summed E-state index contributed by atoms with van der Waals surface area (Å²) in [7, 11) is 0. The lowest BCUT2D eigenvalue weighted by atomic mass is 10.4. The molecule has 3 aromatic rings. The van der Waals surface area contributed by atoms with Crippen molar-refractivity contribution in [2.45, 2.75) is 13.5 Å². The van der Waals surface area contributed by atoms with Crippen molar-refractivity contribution < 1.29 is 9.90 Å². The topological polar surface area (TPSA) is 72.4 Å². The molecule has 0 bridgehead atoms. The Hall–Kier alpha value is -2.15. The molecule has 18 heavy (non-hydrogen) atoms. The van der Waals surface area contributed by atoms with E-state index in [0.717, 1.165) is 10.7 Å². The average molecular weight is 262 g/mol. The Labute approximate surface area is 106 Å². The Bertz CT molecular complexity index is 696. The molecule has 0 aliphatic rings.